The first-order valence-electron chi connectivity index (χ1n) is 7.65. The molecule has 1 heterocycles. The van der Waals surface area contributed by atoms with Crippen LogP contribution in [0, 0.1) is 5.41 Å². The fraction of sp³-hybridized carbons (Fsp3) is 0.562. The maximum absolute atomic E-state index is 12.5. The number of nitrogens with one attached hydrogen (secondary N) is 1. The van der Waals surface area contributed by atoms with Crippen molar-refractivity contribution in [2.24, 2.45) is 5.41 Å². The lowest BCUT2D eigenvalue weighted by Crippen LogP contribution is -2.46. The van der Waals surface area contributed by atoms with Crippen LogP contribution < -0.4 is 5.32 Å². The number of urea groups is 1. The number of benzene rings is 1. The standard InChI is InChI=1S/C16H22N2O3S/c1-22(20)14-5-3-13(4-6-14)17-15(19)18-9-10-21-12-16(11-18)7-2-8-16/h3-6H,2,7-12H2,1H3,(H,17,19). The Morgan fingerprint density at radius 3 is 2.64 bits per heavy atom. The first kappa shape index (κ1) is 15.5. The SMILES string of the molecule is CS(=O)c1ccc(NC(=O)N2CCOCC3(CCC3)C2)cc1. The minimum atomic E-state index is -1.00. The fourth-order valence-corrected chi connectivity index (χ4v) is 3.60. The number of hydrogen-bond donors (Lipinski definition) is 1. The van der Waals surface area contributed by atoms with Gasteiger partial charge in [0.05, 0.1) is 13.2 Å². The van der Waals surface area contributed by atoms with E-state index in [1.54, 1.807) is 30.5 Å². The van der Waals surface area contributed by atoms with Gasteiger partial charge < -0.3 is 15.0 Å². The van der Waals surface area contributed by atoms with Crippen molar-refractivity contribution in [2.45, 2.75) is 24.2 Å². The summed E-state index contributed by atoms with van der Waals surface area (Å²) in [5.41, 5.74) is 0.906. The van der Waals surface area contributed by atoms with E-state index in [1.807, 2.05) is 4.90 Å². The molecule has 1 saturated carbocycles. The molecule has 0 aromatic heterocycles. The summed E-state index contributed by atoms with van der Waals surface area (Å²) in [4.78, 5) is 15.1. The van der Waals surface area contributed by atoms with Gasteiger partial charge in [-0.15, -0.1) is 0 Å². The predicted molar refractivity (Wildman–Crippen MR) is 86.5 cm³/mol. The van der Waals surface area contributed by atoms with E-state index in [0.717, 1.165) is 36.6 Å². The van der Waals surface area contributed by atoms with Crippen LogP contribution in [0.4, 0.5) is 10.5 Å². The number of amides is 2. The minimum absolute atomic E-state index is 0.0813. The molecule has 1 saturated heterocycles. The van der Waals surface area contributed by atoms with Gasteiger partial charge in [0.2, 0.25) is 0 Å². The molecule has 2 amide bonds. The minimum Gasteiger partial charge on any atom is -0.379 e. The van der Waals surface area contributed by atoms with E-state index < -0.39 is 10.8 Å². The number of ether oxygens (including phenoxy) is 1. The quantitative estimate of drug-likeness (QED) is 0.910. The van der Waals surface area contributed by atoms with Gasteiger partial charge >= 0.3 is 6.03 Å². The Morgan fingerprint density at radius 2 is 2.05 bits per heavy atom. The zero-order chi connectivity index (χ0) is 15.6. The van der Waals surface area contributed by atoms with Gasteiger partial charge in [0.15, 0.2) is 0 Å². The van der Waals surface area contributed by atoms with E-state index in [1.165, 1.54) is 6.42 Å². The van der Waals surface area contributed by atoms with E-state index in [-0.39, 0.29) is 11.4 Å². The van der Waals surface area contributed by atoms with Gasteiger partial charge in [0, 0.05) is 46.1 Å². The molecule has 22 heavy (non-hydrogen) atoms. The van der Waals surface area contributed by atoms with Gasteiger partial charge in [-0.2, -0.15) is 0 Å². The molecular weight excluding hydrogens is 300 g/mol. The monoisotopic (exact) mass is 322 g/mol. The normalized spacial score (nSPS) is 21.8. The van der Waals surface area contributed by atoms with Crippen molar-refractivity contribution < 1.29 is 13.7 Å². The molecule has 2 aliphatic rings. The predicted octanol–water partition coefficient (Wildman–Crippen LogP) is 2.46. The Morgan fingerprint density at radius 1 is 1.32 bits per heavy atom. The van der Waals surface area contributed by atoms with E-state index in [2.05, 4.69) is 5.32 Å². The Labute approximate surface area is 133 Å². The van der Waals surface area contributed by atoms with Crippen molar-refractivity contribution in [3.05, 3.63) is 24.3 Å². The van der Waals surface area contributed by atoms with E-state index >= 15 is 0 Å². The highest BCUT2D eigenvalue weighted by Gasteiger charge is 2.41. The summed E-state index contributed by atoms with van der Waals surface area (Å²) in [7, 11) is -1.00. The lowest BCUT2D eigenvalue weighted by Gasteiger charge is -2.42. The number of anilines is 1. The van der Waals surface area contributed by atoms with Crippen molar-refractivity contribution in [1.82, 2.24) is 4.90 Å². The van der Waals surface area contributed by atoms with Crippen molar-refractivity contribution in [3.8, 4) is 0 Å². The van der Waals surface area contributed by atoms with Crippen LogP contribution in [0.1, 0.15) is 19.3 Å². The lowest BCUT2D eigenvalue weighted by molar-refractivity contribution is 0.0130. The van der Waals surface area contributed by atoms with Crippen LogP contribution in [0.2, 0.25) is 0 Å². The molecule has 3 rings (SSSR count). The van der Waals surface area contributed by atoms with Crippen molar-refractivity contribution in [2.75, 3.05) is 37.9 Å². The first-order chi connectivity index (χ1) is 10.6. The molecule has 1 aromatic rings. The van der Waals surface area contributed by atoms with Crippen LogP contribution in [0.25, 0.3) is 0 Å². The van der Waals surface area contributed by atoms with Gasteiger partial charge in [-0.1, -0.05) is 6.42 Å². The summed E-state index contributed by atoms with van der Waals surface area (Å²) < 4.78 is 17.0. The third-order valence-electron chi connectivity index (χ3n) is 4.58. The molecule has 0 radical (unpaired) electrons. The van der Waals surface area contributed by atoms with Crippen LogP contribution in [0.3, 0.4) is 0 Å². The average molecular weight is 322 g/mol. The second kappa shape index (κ2) is 6.38. The smallest absolute Gasteiger partial charge is 0.321 e. The summed E-state index contributed by atoms with van der Waals surface area (Å²) in [6, 6.07) is 7.07. The van der Waals surface area contributed by atoms with E-state index in [4.69, 9.17) is 4.74 Å². The molecule has 120 valence electrons. The van der Waals surface area contributed by atoms with Crippen LogP contribution in [-0.2, 0) is 15.5 Å². The maximum atomic E-state index is 12.5. The zero-order valence-electron chi connectivity index (χ0n) is 12.8. The second-order valence-corrected chi connectivity index (χ2v) is 7.62. The van der Waals surface area contributed by atoms with Crippen LogP contribution in [0.5, 0.6) is 0 Å². The fourth-order valence-electron chi connectivity index (χ4n) is 3.08. The van der Waals surface area contributed by atoms with Gasteiger partial charge in [-0.25, -0.2) is 4.79 Å². The largest absolute Gasteiger partial charge is 0.379 e. The van der Waals surface area contributed by atoms with Crippen molar-refractivity contribution in [3.63, 3.8) is 0 Å². The molecule has 1 aromatic carbocycles. The number of carbonyl (C=O) groups excluding carboxylic acids is 1. The number of nitrogens with zero attached hydrogens (tertiary/aromatic N) is 1. The third kappa shape index (κ3) is 3.33. The van der Waals surface area contributed by atoms with Gasteiger partial charge in [-0.3, -0.25) is 4.21 Å². The molecule has 1 spiro atoms. The second-order valence-electron chi connectivity index (χ2n) is 6.24. The Balaban J connectivity index is 1.64. The first-order valence-corrected chi connectivity index (χ1v) is 9.21. The lowest BCUT2D eigenvalue weighted by atomic mass is 9.69. The maximum Gasteiger partial charge on any atom is 0.321 e. The Kier molecular flexibility index (Phi) is 4.49. The Bertz CT molecular complexity index is 569. The van der Waals surface area contributed by atoms with Gasteiger partial charge in [0.1, 0.15) is 0 Å². The van der Waals surface area contributed by atoms with Gasteiger partial charge in [0.25, 0.3) is 0 Å². The summed E-state index contributed by atoms with van der Waals surface area (Å²) in [5.74, 6) is 0. The number of hydrogen-bond acceptors (Lipinski definition) is 3. The Hall–Kier alpha value is -1.40. The summed E-state index contributed by atoms with van der Waals surface area (Å²) in [6.07, 6.45) is 5.17. The molecule has 1 aliphatic heterocycles. The topological polar surface area (TPSA) is 58.6 Å². The van der Waals surface area contributed by atoms with Gasteiger partial charge in [-0.05, 0) is 37.1 Å². The van der Waals surface area contributed by atoms with Crippen molar-refractivity contribution >= 4 is 22.5 Å². The summed E-state index contributed by atoms with van der Waals surface area (Å²) >= 11 is 0. The molecule has 2 fully saturated rings. The van der Waals surface area contributed by atoms with Crippen LogP contribution >= 0.6 is 0 Å². The molecule has 1 N–H and O–H groups in total. The molecule has 0 bridgehead atoms. The zero-order valence-corrected chi connectivity index (χ0v) is 13.7. The highest BCUT2D eigenvalue weighted by atomic mass is 32.2. The highest BCUT2D eigenvalue weighted by molar-refractivity contribution is 7.84. The highest BCUT2D eigenvalue weighted by Crippen LogP contribution is 2.42. The number of carbonyl (C=O) groups is 1. The van der Waals surface area contributed by atoms with E-state index in [0.29, 0.717) is 13.2 Å². The van der Waals surface area contributed by atoms with Crippen molar-refractivity contribution in [1.29, 1.82) is 0 Å². The summed E-state index contributed by atoms with van der Waals surface area (Å²) in [5, 5.41) is 2.92. The average Bonchev–Trinajstić information content (AvgIpc) is 2.70. The van der Waals surface area contributed by atoms with Crippen LogP contribution in [0.15, 0.2) is 29.2 Å². The third-order valence-corrected chi connectivity index (χ3v) is 5.52. The number of rotatable bonds is 2. The molecular formula is C16H22N2O3S. The molecule has 1 aliphatic carbocycles. The molecule has 1 atom stereocenters. The van der Waals surface area contributed by atoms with Crippen LogP contribution in [-0.4, -0.2) is 47.7 Å². The molecule has 1 unspecified atom stereocenters. The summed E-state index contributed by atoms with van der Waals surface area (Å²) in [6.45, 7) is 2.78. The van der Waals surface area contributed by atoms with E-state index in [9.17, 15) is 9.00 Å². The molecule has 5 nitrogen and oxygen atoms in total. The molecule has 6 heteroatoms.